The molecule has 1 heterocycles. The minimum atomic E-state index is 0.892. The molecule has 0 spiro atoms. The van der Waals surface area contributed by atoms with Crippen molar-refractivity contribution < 1.29 is 4.42 Å². The van der Waals surface area contributed by atoms with Gasteiger partial charge in [0.2, 0.25) is 0 Å². The summed E-state index contributed by atoms with van der Waals surface area (Å²) in [4.78, 5) is 2.43. The van der Waals surface area contributed by atoms with E-state index in [0.29, 0.717) is 0 Å². The lowest BCUT2D eigenvalue weighted by Gasteiger charge is -2.29. The predicted molar refractivity (Wildman–Crippen MR) is 271 cm³/mol. The quantitative estimate of drug-likeness (QED) is 0.152. The monoisotopic (exact) mass is 815 g/mol. The Morgan fingerprint density at radius 2 is 0.828 bits per heavy atom. The van der Waals surface area contributed by atoms with Gasteiger partial charge in [0.05, 0.1) is 5.69 Å². The van der Waals surface area contributed by atoms with Gasteiger partial charge >= 0.3 is 0 Å². The summed E-state index contributed by atoms with van der Waals surface area (Å²) in [5, 5.41) is 7.19. The van der Waals surface area contributed by atoms with E-state index in [2.05, 4.69) is 241 Å². The van der Waals surface area contributed by atoms with Gasteiger partial charge in [-0.15, -0.1) is 0 Å². The lowest BCUT2D eigenvalue weighted by molar-refractivity contribution is 0.669. The molecule has 11 aromatic carbocycles. The van der Waals surface area contributed by atoms with Crippen LogP contribution in [0.25, 0.3) is 99.1 Å². The number of anilines is 3. The Morgan fingerprint density at radius 3 is 1.69 bits per heavy atom. The fraction of sp³-hybridized carbons (Fsp3) is 0. The van der Waals surface area contributed by atoms with Crippen molar-refractivity contribution in [3.63, 3.8) is 0 Å². The van der Waals surface area contributed by atoms with Crippen LogP contribution in [0.3, 0.4) is 0 Å². The molecular formula is C62H41NO. The van der Waals surface area contributed by atoms with Crippen molar-refractivity contribution in [1.29, 1.82) is 0 Å². The van der Waals surface area contributed by atoms with Gasteiger partial charge in [-0.2, -0.15) is 0 Å². The van der Waals surface area contributed by atoms with Crippen molar-refractivity contribution in [3.8, 4) is 55.6 Å². The van der Waals surface area contributed by atoms with Gasteiger partial charge < -0.3 is 9.32 Å². The highest BCUT2D eigenvalue weighted by molar-refractivity contribution is 6.06. The van der Waals surface area contributed by atoms with Gasteiger partial charge in [0.1, 0.15) is 11.2 Å². The van der Waals surface area contributed by atoms with E-state index in [1.54, 1.807) is 0 Å². The molecule has 0 saturated carbocycles. The third kappa shape index (κ3) is 6.79. The Bertz CT molecular complexity index is 3670. The molecule has 0 aliphatic carbocycles. The zero-order chi connectivity index (χ0) is 42.4. The molecule has 0 unspecified atom stereocenters. The lowest BCUT2D eigenvalue weighted by atomic mass is 9.93. The van der Waals surface area contributed by atoms with Crippen molar-refractivity contribution in [1.82, 2.24) is 0 Å². The van der Waals surface area contributed by atoms with Crippen LogP contribution in [0.15, 0.2) is 253 Å². The molecule has 0 radical (unpaired) electrons. The Hall–Kier alpha value is -8.46. The summed E-state index contributed by atoms with van der Waals surface area (Å²) in [5.41, 5.74) is 16.7. The van der Waals surface area contributed by atoms with Crippen molar-refractivity contribution in [3.05, 3.63) is 249 Å². The second-order valence-electron chi connectivity index (χ2n) is 16.5. The number of furan rings is 1. The van der Waals surface area contributed by atoms with E-state index in [1.807, 2.05) is 12.1 Å². The molecule has 2 heteroatoms. The van der Waals surface area contributed by atoms with Gasteiger partial charge in [0, 0.05) is 27.7 Å². The van der Waals surface area contributed by atoms with Gasteiger partial charge in [-0.05, 0) is 132 Å². The molecule has 0 fully saturated rings. The van der Waals surface area contributed by atoms with Crippen molar-refractivity contribution in [2.24, 2.45) is 0 Å². The van der Waals surface area contributed by atoms with Gasteiger partial charge in [-0.3, -0.25) is 0 Å². The van der Waals surface area contributed by atoms with Crippen LogP contribution in [0.2, 0.25) is 0 Å². The molecule has 0 amide bonds. The van der Waals surface area contributed by atoms with Crippen LogP contribution >= 0.6 is 0 Å². The van der Waals surface area contributed by atoms with Crippen LogP contribution in [0.5, 0.6) is 0 Å². The second-order valence-corrected chi connectivity index (χ2v) is 16.5. The van der Waals surface area contributed by atoms with Crippen LogP contribution in [0.1, 0.15) is 0 Å². The zero-order valence-corrected chi connectivity index (χ0v) is 35.0. The molecule has 0 atom stereocenters. The minimum Gasteiger partial charge on any atom is -0.456 e. The number of fused-ring (bicyclic) bond motifs is 5. The van der Waals surface area contributed by atoms with Gasteiger partial charge in [-0.1, -0.05) is 188 Å². The first-order valence-electron chi connectivity index (χ1n) is 21.9. The lowest BCUT2D eigenvalue weighted by Crippen LogP contribution is -2.11. The largest absolute Gasteiger partial charge is 0.456 e. The zero-order valence-electron chi connectivity index (χ0n) is 35.0. The van der Waals surface area contributed by atoms with E-state index < -0.39 is 0 Å². The van der Waals surface area contributed by atoms with Crippen LogP contribution < -0.4 is 4.90 Å². The van der Waals surface area contributed by atoms with E-state index in [0.717, 1.165) is 72.4 Å². The van der Waals surface area contributed by atoms with E-state index in [1.165, 1.54) is 43.8 Å². The van der Waals surface area contributed by atoms with E-state index in [-0.39, 0.29) is 0 Å². The molecule has 64 heavy (non-hydrogen) atoms. The van der Waals surface area contributed by atoms with Gasteiger partial charge in [-0.25, -0.2) is 0 Å². The first kappa shape index (κ1) is 37.3. The van der Waals surface area contributed by atoms with Crippen LogP contribution in [0, 0.1) is 0 Å². The molecule has 12 aromatic rings. The minimum absolute atomic E-state index is 0.892. The highest BCUT2D eigenvalue weighted by atomic mass is 16.3. The summed E-state index contributed by atoms with van der Waals surface area (Å²) in [6.07, 6.45) is 0. The molecule has 0 N–H and O–H groups in total. The topological polar surface area (TPSA) is 16.4 Å². The summed E-state index contributed by atoms with van der Waals surface area (Å²) in [6.45, 7) is 0. The maximum atomic E-state index is 6.23. The van der Waals surface area contributed by atoms with Crippen LogP contribution in [-0.2, 0) is 0 Å². The van der Waals surface area contributed by atoms with Gasteiger partial charge in [0.25, 0.3) is 0 Å². The summed E-state index contributed by atoms with van der Waals surface area (Å²) in [7, 11) is 0. The molecule has 0 aliphatic rings. The number of hydrogen-bond acceptors (Lipinski definition) is 2. The maximum absolute atomic E-state index is 6.23. The molecule has 12 rings (SSSR count). The van der Waals surface area contributed by atoms with Crippen molar-refractivity contribution in [2.75, 3.05) is 4.90 Å². The number of nitrogens with zero attached hydrogens (tertiary/aromatic N) is 1. The number of para-hydroxylation sites is 1. The predicted octanol–water partition coefficient (Wildman–Crippen LogP) is 17.7. The third-order valence-electron chi connectivity index (χ3n) is 12.6. The SMILES string of the molecule is c1ccc(-c2ccc(-c3cccc4ccccc34)cc2N(c2ccc(-c3cccc(-c4ccc5ccccc5c4)c3)cc2)c2cccc(-c3ccc4oc5ccccc5c4c3)c2)cc1. The number of benzene rings is 11. The molecule has 0 saturated heterocycles. The number of hydrogen-bond donors (Lipinski definition) is 0. The smallest absolute Gasteiger partial charge is 0.135 e. The molecular weight excluding hydrogens is 775 g/mol. The fourth-order valence-corrected chi connectivity index (χ4v) is 9.43. The Kier molecular flexibility index (Phi) is 9.20. The molecule has 300 valence electrons. The third-order valence-corrected chi connectivity index (χ3v) is 12.6. The average Bonchev–Trinajstić information content (AvgIpc) is 3.75. The summed E-state index contributed by atoms with van der Waals surface area (Å²) in [6, 6.07) is 90.0. The highest BCUT2D eigenvalue weighted by Crippen LogP contribution is 2.45. The van der Waals surface area contributed by atoms with E-state index in [9.17, 15) is 0 Å². The highest BCUT2D eigenvalue weighted by Gasteiger charge is 2.20. The number of rotatable bonds is 8. The second kappa shape index (κ2) is 15.8. The summed E-state index contributed by atoms with van der Waals surface area (Å²) >= 11 is 0. The van der Waals surface area contributed by atoms with Crippen LogP contribution in [0.4, 0.5) is 17.1 Å². The molecule has 1 aromatic heterocycles. The summed E-state index contributed by atoms with van der Waals surface area (Å²) in [5.74, 6) is 0. The van der Waals surface area contributed by atoms with Crippen molar-refractivity contribution in [2.45, 2.75) is 0 Å². The summed E-state index contributed by atoms with van der Waals surface area (Å²) < 4.78 is 6.23. The van der Waals surface area contributed by atoms with Gasteiger partial charge in [0.15, 0.2) is 0 Å². The Morgan fingerprint density at radius 1 is 0.250 bits per heavy atom. The molecule has 0 aliphatic heterocycles. The average molecular weight is 816 g/mol. The molecule has 0 bridgehead atoms. The maximum Gasteiger partial charge on any atom is 0.135 e. The van der Waals surface area contributed by atoms with E-state index >= 15 is 0 Å². The Balaban J connectivity index is 1.02. The van der Waals surface area contributed by atoms with Crippen LogP contribution in [-0.4, -0.2) is 0 Å². The van der Waals surface area contributed by atoms with E-state index in [4.69, 9.17) is 4.42 Å². The Labute approximate surface area is 372 Å². The normalized spacial score (nSPS) is 11.4. The molecule has 2 nitrogen and oxygen atoms in total. The standard InChI is InChI=1S/C62H41NO/c1-2-14-45(15-3-1)57-35-31-52(56-25-12-18-44-16-6-7-23-55(44)56)41-60(57)63(54-22-11-21-49(39-54)51-32-36-62-59(40-51)58-24-8-9-26-61(58)64-62)53-33-29-43(30-34-53)47-19-10-20-48(37-47)50-28-27-42-13-4-5-17-46(42)38-50/h1-41H. The van der Waals surface area contributed by atoms with Crippen molar-refractivity contribution >= 4 is 60.5 Å². The first-order valence-corrected chi connectivity index (χ1v) is 21.9. The first-order chi connectivity index (χ1) is 31.7. The fourth-order valence-electron chi connectivity index (χ4n) is 9.43.